The molecule has 0 spiro atoms. The molecule has 2 amide bonds. The molecule has 10 heteroatoms. The Morgan fingerprint density at radius 1 is 0.929 bits per heavy atom. The summed E-state index contributed by atoms with van der Waals surface area (Å²) in [5, 5.41) is 3.82. The summed E-state index contributed by atoms with van der Waals surface area (Å²) in [4.78, 5) is 29.4. The Bertz CT molecular complexity index is 1500. The number of hydrogen-bond acceptors (Lipinski definition) is 4. The number of hydrogen-bond donors (Lipinski definition) is 1. The number of halogens is 2. The normalized spacial score (nSPS) is 14.4. The van der Waals surface area contributed by atoms with Crippen molar-refractivity contribution in [1.82, 2.24) is 10.2 Å². The molecule has 0 radical (unpaired) electrons. The van der Waals surface area contributed by atoms with Crippen LogP contribution < -0.4 is 9.62 Å². The number of benzene rings is 3. The molecule has 3 aromatic rings. The highest BCUT2D eigenvalue weighted by Crippen LogP contribution is 2.30. The van der Waals surface area contributed by atoms with Gasteiger partial charge in [0.25, 0.3) is 10.0 Å². The van der Waals surface area contributed by atoms with E-state index in [-0.39, 0.29) is 23.4 Å². The summed E-state index contributed by atoms with van der Waals surface area (Å²) in [6.45, 7) is 4.92. The van der Waals surface area contributed by atoms with E-state index in [0.29, 0.717) is 33.3 Å². The molecule has 1 unspecified atom stereocenters. The Labute approximate surface area is 258 Å². The second kappa shape index (κ2) is 13.9. The van der Waals surface area contributed by atoms with Crippen molar-refractivity contribution in [2.75, 3.05) is 10.8 Å². The van der Waals surface area contributed by atoms with Gasteiger partial charge in [-0.25, -0.2) is 8.42 Å². The smallest absolute Gasteiger partial charge is 0.264 e. The van der Waals surface area contributed by atoms with Crippen LogP contribution in [0.3, 0.4) is 0 Å². The van der Waals surface area contributed by atoms with Crippen LogP contribution in [0.25, 0.3) is 0 Å². The third-order valence-electron chi connectivity index (χ3n) is 7.75. The Balaban J connectivity index is 1.75. The van der Waals surface area contributed by atoms with Crippen molar-refractivity contribution < 1.29 is 18.0 Å². The summed E-state index contributed by atoms with van der Waals surface area (Å²) in [6, 6.07) is 17.8. The SMILES string of the molecule is CCC(C(=O)NC1CCCC1)N(Cc1c(Cl)cccc1Cl)C(=O)CN(c1ccccc1C)S(=O)(=O)c1ccc(C)cc1. The van der Waals surface area contributed by atoms with E-state index in [4.69, 9.17) is 23.2 Å². The molecule has 4 rings (SSSR count). The second-order valence-corrected chi connectivity index (χ2v) is 13.4. The average molecular weight is 631 g/mol. The monoisotopic (exact) mass is 629 g/mol. The molecular weight excluding hydrogens is 593 g/mol. The standard InChI is InChI=1S/C32H37Cl2N3O4S/c1-4-29(32(39)35-24-11-6-7-12-24)36(20-26-27(33)13-9-14-28(26)34)31(38)21-37(30-15-8-5-10-23(30)3)42(40,41)25-18-16-22(2)17-19-25/h5,8-10,13-19,24,29H,4,6-7,11-12,20-21H2,1-3H3,(H,35,39). The number of nitrogens with one attached hydrogen (secondary N) is 1. The van der Waals surface area contributed by atoms with E-state index in [1.165, 1.54) is 17.0 Å². The van der Waals surface area contributed by atoms with Crippen molar-refractivity contribution in [2.24, 2.45) is 0 Å². The second-order valence-electron chi connectivity index (χ2n) is 10.7. The highest BCUT2D eigenvalue weighted by atomic mass is 35.5. The summed E-state index contributed by atoms with van der Waals surface area (Å²) in [5.74, 6) is -0.817. The summed E-state index contributed by atoms with van der Waals surface area (Å²) < 4.78 is 29.2. The van der Waals surface area contributed by atoms with E-state index in [1.54, 1.807) is 55.5 Å². The van der Waals surface area contributed by atoms with Crippen molar-refractivity contribution in [3.05, 3.63) is 93.5 Å². The van der Waals surface area contributed by atoms with Gasteiger partial charge in [-0.1, -0.05) is 84.9 Å². The van der Waals surface area contributed by atoms with Gasteiger partial charge in [0.1, 0.15) is 12.6 Å². The van der Waals surface area contributed by atoms with Gasteiger partial charge in [0.15, 0.2) is 0 Å². The molecule has 42 heavy (non-hydrogen) atoms. The molecule has 0 heterocycles. The molecule has 3 aromatic carbocycles. The number of aryl methyl sites for hydroxylation is 2. The number of anilines is 1. The maximum Gasteiger partial charge on any atom is 0.264 e. The van der Waals surface area contributed by atoms with Gasteiger partial charge >= 0.3 is 0 Å². The van der Waals surface area contributed by atoms with Gasteiger partial charge < -0.3 is 10.2 Å². The number of para-hydroxylation sites is 1. The molecule has 0 saturated heterocycles. The lowest BCUT2D eigenvalue weighted by Crippen LogP contribution is -2.53. The van der Waals surface area contributed by atoms with Gasteiger partial charge in [0.05, 0.1) is 10.6 Å². The molecule has 1 aliphatic carbocycles. The van der Waals surface area contributed by atoms with Gasteiger partial charge in [-0.15, -0.1) is 0 Å². The Kier molecular flexibility index (Phi) is 10.6. The predicted molar refractivity (Wildman–Crippen MR) is 168 cm³/mol. The first kappa shape index (κ1) is 31.9. The Morgan fingerprint density at radius 2 is 1.55 bits per heavy atom. The summed E-state index contributed by atoms with van der Waals surface area (Å²) in [5.41, 5.74) is 2.47. The number of rotatable bonds is 11. The highest BCUT2D eigenvalue weighted by Gasteiger charge is 2.35. The number of amides is 2. The van der Waals surface area contributed by atoms with Crippen LogP contribution in [-0.4, -0.2) is 43.8 Å². The maximum absolute atomic E-state index is 14.3. The molecule has 0 bridgehead atoms. The van der Waals surface area contributed by atoms with Gasteiger partial charge in [-0.2, -0.15) is 0 Å². The van der Waals surface area contributed by atoms with E-state index >= 15 is 0 Å². The molecular formula is C32H37Cl2N3O4S. The first-order valence-corrected chi connectivity index (χ1v) is 16.4. The molecule has 0 aromatic heterocycles. The first-order chi connectivity index (χ1) is 20.0. The van der Waals surface area contributed by atoms with E-state index < -0.39 is 28.5 Å². The Morgan fingerprint density at radius 3 is 2.14 bits per heavy atom. The minimum atomic E-state index is -4.15. The van der Waals surface area contributed by atoms with Crippen molar-refractivity contribution in [2.45, 2.75) is 76.4 Å². The van der Waals surface area contributed by atoms with E-state index in [2.05, 4.69) is 5.32 Å². The van der Waals surface area contributed by atoms with Crippen molar-refractivity contribution in [1.29, 1.82) is 0 Å². The van der Waals surface area contributed by atoms with E-state index in [1.807, 2.05) is 19.9 Å². The number of carbonyl (C=O) groups is 2. The molecule has 1 aliphatic rings. The first-order valence-electron chi connectivity index (χ1n) is 14.2. The quantitative estimate of drug-likeness (QED) is 0.256. The van der Waals surface area contributed by atoms with Crippen molar-refractivity contribution in [3.63, 3.8) is 0 Å². The Hall–Kier alpha value is -3.07. The molecule has 224 valence electrons. The number of sulfonamides is 1. The fourth-order valence-electron chi connectivity index (χ4n) is 5.33. The van der Waals surface area contributed by atoms with Crippen molar-refractivity contribution in [3.8, 4) is 0 Å². The van der Waals surface area contributed by atoms with Crippen LogP contribution in [0.5, 0.6) is 0 Å². The molecule has 1 saturated carbocycles. The summed E-state index contributed by atoms with van der Waals surface area (Å²) in [6.07, 6.45) is 4.19. The predicted octanol–water partition coefficient (Wildman–Crippen LogP) is 6.67. The fraction of sp³-hybridized carbons (Fsp3) is 0.375. The zero-order valence-corrected chi connectivity index (χ0v) is 26.5. The van der Waals surface area contributed by atoms with Crippen LogP contribution in [-0.2, 0) is 26.2 Å². The van der Waals surface area contributed by atoms with E-state index in [0.717, 1.165) is 35.6 Å². The van der Waals surface area contributed by atoms with Crippen LogP contribution in [0.1, 0.15) is 55.7 Å². The highest BCUT2D eigenvalue weighted by molar-refractivity contribution is 7.92. The van der Waals surface area contributed by atoms with Crippen LogP contribution in [0, 0.1) is 13.8 Å². The van der Waals surface area contributed by atoms with Gasteiger partial charge in [0.2, 0.25) is 11.8 Å². The third-order valence-corrected chi connectivity index (χ3v) is 10.2. The van der Waals surface area contributed by atoms with Gasteiger partial charge in [0, 0.05) is 28.2 Å². The maximum atomic E-state index is 14.3. The zero-order chi connectivity index (χ0) is 30.4. The lowest BCUT2D eigenvalue weighted by molar-refractivity contribution is -0.140. The van der Waals surface area contributed by atoms with Gasteiger partial charge in [-0.3, -0.25) is 13.9 Å². The number of nitrogens with zero attached hydrogens (tertiary/aromatic N) is 2. The summed E-state index contributed by atoms with van der Waals surface area (Å²) >= 11 is 13.0. The fourth-order valence-corrected chi connectivity index (χ4v) is 7.33. The van der Waals surface area contributed by atoms with Crippen LogP contribution in [0.2, 0.25) is 10.0 Å². The van der Waals surface area contributed by atoms with E-state index in [9.17, 15) is 18.0 Å². The van der Waals surface area contributed by atoms with Crippen LogP contribution in [0.15, 0.2) is 71.6 Å². The minimum absolute atomic E-state index is 0.0535. The average Bonchev–Trinajstić information content (AvgIpc) is 3.46. The molecule has 7 nitrogen and oxygen atoms in total. The molecule has 1 N–H and O–H groups in total. The lowest BCUT2D eigenvalue weighted by Gasteiger charge is -2.34. The third kappa shape index (κ3) is 7.28. The molecule has 1 fully saturated rings. The summed E-state index contributed by atoms with van der Waals surface area (Å²) in [7, 11) is -4.15. The lowest BCUT2D eigenvalue weighted by atomic mass is 10.1. The zero-order valence-electron chi connectivity index (χ0n) is 24.1. The minimum Gasteiger partial charge on any atom is -0.352 e. The van der Waals surface area contributed by atoms with Crippen molar-refractivity contribution >= 4 is 50.7 Å². The molecule has 0 aliphatic heterocycles. The van der Waals surface area contributed by atoms with Crippen LogP contribution in [0.4, 0.5) is 5.69 Å². The van der Waals surface area contributed by atoms with Crippen LogP contribution >= 0.6 is 23.2 Å². The van der Waals surface area contributed by atoms with Gasteiger partial charge in [-0.05, 0) is 69.0 Å². The molecule has 1 atom stereocenters. The topological polar surface area (TPSA) is 86.8 Å². The number of carbonyl (C=O) groups excluding carboxylic acids is 2. The largest absolute Gasteiger partial charge is 0.352 e.